The van der Waals surface area contributed by atoms with Crippen LogP contribution in [0.4, 0.5) is 4.79 Å². The van der Waals surface area contributed by atoms with E-state index >= 15 is 0 Å². The first-order valence-electron chi connectivity index (χ1n) is 7.29. The van der Waals surface area contributed by atoms with Crippen LogP contribution in [0.1, 0.15) is 46.0 Å². The van der Waals surface area contributed by atoms with E-state index in [9.17, 15) is 14.7 Å². The molecule has 6 heteroatoms. The van der Waals surface area contributed by atoms with Crippen molar-refractivity contribution in [3.05, 3.63) is 0 Å². The van der Waals surface area contributed by atoms with Gasteiger partial charge in [-0.15, -0.1) is 0 Å². The quantitative estimate of drug-likeness (QED) is 0.821. The van der Waals surface area contributed by atoms with Crippen LogP contribution < -0.4 is 5.32 Å². The molecule has 2 N–H and O–H groups in total. The summed E-state index contributed by atoms with van der Waals surface area (Å²) in [5.41, 5.74) is -1.04. The van der Waals surface area contributed by atoms with Crippen LogP contribution in [0.3, 0.4) is 0 Å². The van der Waals surface area contributed by atoms with Crippen LogP contribution in [0.2, 0.25) is 0 Å². The third kappa shape index (κ3) is 3.40. The number of nitrogens with one attached hydrogen (secondary N) is 1. The van der Waals surface area contributed by atoms with Crippen molar-refractivity contribution in [3.8, 4) is 0 Å². The van der Waals surface area contributed by atoms with E-state index in [4.69, 9.17) is 0 Å². The van der Waals surface area contributed by atoms with Gasteiger partial charge in [-0.1, -0.05) is 26.7 Å². The molecular formula is C14H24N2O3S. The second kappa shape index (κ2) is 5.84. The van der Waals surface area contributed by atoms with Crippen LogP contribution in [0.25, 0.3) is 0 Å². The molecule has 1 heterocycles. The lowest BCUT2D eigenvalue weighted by molar-refractivity contribution is -0.144. The highest BCUT2D eigenvalue weighted by atomic mass is 32.2. The van der Waals surface area contributed by atoms with E-state index in [0.29, 0.717) is 25.9 Å². The number of thioether (sulfide) groups is 1. The van der Waals surface area contributed by atoms with Gasteiger partial charge in [0.05, 0.1) is 0 Å². The lowest BCUT2D eigenvalue weighted by Crippen LogP contribution is -2.56. The summed E-state index contributed by atoms with van der Waals surface area (Å²) < 4.78 is 0.187. The number of carboxylic acid groups (broad SMARTS) is 1. The summed E-state index contributed by atoms with van der Waals surface area (Å²) in [6, 6.07) is -0.215. The molecule has 114 valence electrons. The average Bonchev–Trinajstić information content (AvgIpc) is 2.75. The van der Waals surface area contributed by atoms with Crippen molar-refractivity contribution >= 4 is 23.8 Å². The predicted molar refractivity (Wildman–Crippen MR) is 80.1 cm³/mol. The Morgan fingerprint density at radius 1 is 1.15 bits per heavy atom. The van der Waals surface area contributed by atoms with Crippen LogP contribution in [0, 0.1) is 0 Å². The van der Waals surface area contributed by atoms with Crippen molar-refractivity contribution in [3.63, 3.8) is 0 Å². The Labute approximate surface area is 124 Å². The zero-order chi connectivity index (χ0) is 14.8. The number of carbonyl (C=O) groups excluding carboxylic acids is 1. The second-order valence-electron chi connectivity index (χ2n) is 6.37. The minimum absolute atomic E-state index is 0.187. The second-order valence-corrected chi connectivity index (χ2v) is 8.17. The molecule has 0 spiro atoms. The Bertz CT molecular complexity index is 392. The normalized spacial score (nSPS) is 25.0. The molecule has 0 bridgehead atoms. The minimum Gasteiger partial charge on any atom is -0.480 e. The van der Waals surface area contributed by atoms with Crippen molar-refractivity contribution in [1.29, 1.82) is 0 Å². The van der Waals surface area contributed by atoms with Gasteiger partial charge < -0.3 is 15.3 Å². The average molecular weight is 300 g/mol. The Hall–Kier alpha value is -0.910. The molecule has 2 fully saturated rings. The van der Waals surface area contributed by atoms with Crippen LogP contribution >= 0.6 is 11.8 Å². The molecule has 0 aromatic heterocycles. The summed E-state index contributed by atoms with van der Waals surface area (Å²) >= 11 is 1.87. The molecule has 5 nitrogen and oxygen atoms in total. The van der Waals surface area contributed by atoms with E-state index in [-0.39, 0.29) is 10.8 Å². The number of urea groups is 1. The standard InChI is InChI=1S/C14H24N2O3S/c1-13(2)7-8-16(9-10-20-13)12(19)15-14(11(17)18)5-3-4-6-14/h3-10H2,1-2H3,(H,15,19)(H,17,18). The molecule has 0 aromatic carbocycles. The molecule has 0 aromatic rings. The molecule has 1 aliphatic carbocycles. The van der Waals surface area contributed by atoms with Gasteiger partial charge in [0.2, 0.25) is 0 Å². The largest absolute Gasteiger partial charge is 0.480 e. The summed E-state index contributed by atoms with van der Waals surface area (Å²) in [4.78, 5) is 25.6. The molecule has 20 heavy (non-hydrogen) atoms. The van der Waals surface area contributed by atoms with Crippen molar-refractivity contribution in [2.75, 3.05) is 18.8 Å². The van der Waals surface area contributed by atoms with E-state index in [1.54, 1.807) is 4.90 Å². The number of carboxylic acids is 1. The first-order valence-corrected chi connectivity index (χ1v) is 8.28. The van der Waals surface area contributed by atoms with Gasteiger partial charge in [0.1, 0.15) is 5.54 Å². The van der Waals surface area contributed by atoms with Crippen molar-refractivity contribution in [2.45, 2.75) is 56.2 Å². The van der Waals surface area contributed by atoms with Gasteiger partial charge in [-0.2, -0.15) is 11.8 Å². The topological polar surface area (TPSA) is 69.6 Å². The van der Waals surface area contributed by atoms with E-state index < -0.39 is 11.5 Å². The fourth-order valence-corrected chi connectivity index (χ4v) is 3.98. The summed E-state index contributed by atoms with van der Waals surface area (Å²) in [7, 11) is 0. The molecular weight excluding hydrogens is 276 g/mol. The van der Waals surface area contributed by atoms with Gasteiger partial charge in [-0.05, 0) is 19.3 Å². The van der Waals surface area contributed by atoms with E-state index in [1.807, 2.05) is 11.8 Å². The molecule has 1 aliphatic heterocycles. The Morgan fingerprint density at radius 2 is 1.80 bits per heavy atom. The predicted octanol–water partition coefficient (Wildman–Crippen LogP) is 2.31. The number of amides is 2. The number of aliphatic carboxylic acids is 1. The van der Waals surface area contributed by atoms with Crippen molar-refractivity contribution in [2.24, 2.45) is 0 Å². The van der Waals surface area contributed by atoms with Gasteiger partial charge in [-0.3, -0.25) is 0 Å². The fourth-order valence-electron chi connectivity index (χ4n) is 2.88. The minimum atomic E-state index is -1.04. The molecule has 1 saturated carbocycles. The maximum atomic E-state index is 12.4. The third-order valence-corrected chi connectivity index (χ3v) is 5.71. The third-order valence-electron chi connectivity index (χ3n) is 4.34. The fraction of sp³-hybridized carbons (Fsp3) is 0.857. The Balaban J connectivity index is 1.99. The zero-order valence-electron chi connectivity index (χ0n) is 12.3. The van der Waals surface area contributed by atoms with Gasteiger partial charge in [0.15, 0.2) is 0 Å². The van der Waals surface area contributed by atoms with Gasteiger partial charge in [0, 0.05) is 23.6 Å². The number of hydrogen-bond acceptors (Lipinski definition) is 3. The van der Waals surface area contributed by atoms with Gasteiger partial charge in [-0.25, -0.2) is 9.59 Å². The van der Waals surface area contributed by atoms with E-state index in [0.717, 1.165) is 25.0 Å². The molecule has 1 saturated heterocycles. The number of carbonyl (C=O) groups is 2. The molecule has 2 rings (SSSR count). The Morgan fingerprint density at radius 3 is 2.40 bits per heavy atom. The lowest BCUT2D eigenvalue weighted by atomic mass is 9.98. The van der Waals surface area contributed by atoms with Crippen LogP contribution in [0.15, 0.2) is 0 Å². The molecule has 0 radical (unpaired) electrons. The van der Waals surface area contributed by atoms with Crippen LogP contribution in [0.5, 0.6) is 0 Å². The zero-order valence-corrected chi connectivity index (χ0v) is 13.1. The molecule has 2 amide bonds. The maximum Gasteiger partial charge on any atom is 0.329 e. The van der Waals surface area contributed by atoms with E-state index in [2.05, 4.69) is 19.2 Å². The van der Waals surface area contributed by atoms with Gasteiger partial charge >= 0.3 is 12.0 Å². The Kier molecular flexibility index (Phi) is 4.52. The van der Waals surface area contributed by atoms with Crippen LogP contribution in [-0.2, 0) is 4.79 Å². The highest BCUT2D eigenvalue weighted by molar-refractivity contribution is 8.00. The number of rotatable bonds is 2. The molecule has 2 aliphatic rings. The summed E-state index contributed by atoms with van der Waals surface area (Å²) in [5.74, 6) is 0.00778. The van der Waals surface area contributed by atoms with Crippen LogP contribution in [-0.4, -0.2) is 51.1 Å². The first kappa shape index (κ1) is 15.5. The molecule has 0 atom stereocenters. The summed E-state index contributed by atoms with van der Waals surface area (Å²) in [6.07, 6.45) is 3.76. The van der Waals surface area contributed by atoms with Gasteiger partial charge in [0.25, 0.3) is 0 Å². The van der Waals surface area contributed by atoms with Crippen molar-refractivity contribution < 1.29 is 14.7 Å². The SMILES string of the molecule is CC1(C)CCN(C(=O)NC2(C(=O)O)CCCC2)CCS1. The van der Waals surface area contributed by atoms with Crippen molar-refractivity contribution in [1.82, 2.24) is 10.2 Å². The maximum absolute atomic E-state index is 12.4. The highest BCUT2D eigenvalue weighted by Gasteiger charge is 2.43. The first-order chi connectivity index (χ1) is 9.35. The summed E-state index contributed by atoms with van der Waals surface area (Å²) in [5, 5.41) is 12.2. The number of hydrogen-bond donors (Lipinski definition) is 2. The smallest absolute Gasteiger partial charge is 0.329 e. The van der Waals surface area contributed by atoms with E-state index in [1.165, 1.54) is 0 Å². The summed E-state index contributed by atoms with van der Waals surface area (Å²) in [6.45, 7) is 5.76. The monoisotopic (exact) mass is 300 g/mol. The highest BCUT2D eigenvalue weighted by Crippen LogP contribution is 2.32. The number of nitrogens with zero attached hydrogens (tertiary/aromatic N) is 1. The lowest BCUT2D eigenvalue weighted by Gasteiger charge is -2.30. The molecule has 0 unspecified atom stereocenters.